The van der Waals surface area contributed by atoms with Crippen molar-refractivity contribution in [3.8, 4) is 0 Å². The molecule has 1 unspecified atom stereocenters. The van der Waals surface area contributed by atoms with Gasteiger partial charge in [-0.25, -0.2) is 0 Å². The van der Waals surface area contributed by atoms with Gasteiger partial charge in [-0.2, -0.15) is 0 Å². The van der Waals surface area contributed by atoms with Gasteiger partial charge in [-0.05, 0) is 50.5 Å². The van der Waals surface area contributed by atoms with E-state index in [0.29, 0.717) is 5.92 Å². The third kappa shape index (κ3) is 3.83. The van der Waals surface area contributed by atoms with Crippen molar-refractivity contribution in [2.75, 3.05) is 13.6 Å². The van der Waals surface area contributed by atoms with Gasteiger partial charge in [-0.15, -0.1) is 0 Å². The molecule has 3 nitrogen and oxygen atoms in total. The number of unbranched alkanes of at least 4 members (excludes halogenated alkanes) is 1. The molecule has 1 amide bonds. The molecule has 3 heteroatoms. The first kappa shape index (κ1) is 15.0. The first-order valence-electron chi connectivity index (χ1n) is 7.60. The van der Waals surface area contributed by atoms with E-state index in [1.165, 1.54) is 5.56 Å². The van der Waals surface area contributed by atoms with E-state index in [9.17, 15) is 4.79 Å². The summed E-state index contributed by atoms with van der Waals surface area (Å²) in [4.78, 5) is 14.1. The van der Waals surface area contributed by atoms with Crippen molar-refractivity contribution in [3.05, 3.63) is 35.9 Å². The molecule has 1 saturated carbocycles. The molecular weight excluding hydrogens is 248 g/mol. The van der Waals surface area contributed by atoms with E-state index < -0.39 is 5.54 Å². The zero-order valence-electron chi connectivity index (χ0n) is 12.6. The average molecular weight is 274 g/mol. The van der Waals surface area contributed by atoms with E-state index in [0.717, 1.165) is 38.6 Å². The second-order valence-corrected chi connectivity index (χ2v) is 6.23. The zero-order chi connectivity index (χ0) is 14.6. The van der Waals surface area contributed by atoms with Crippen LogP contribution in [0.4, 0.5) is 0 Å². The Balaban J connectivity index is 1.69. The van der Waals surface area contributed by atoms with Crippen molar-refractivity contribution in [2.24, 2.45) is 11.7 Å². The van der Waals surface area contributed by atoms with Crippen LogP contribution in [-0.2, 0) is 11.2 Å². The number of likely N-dealkylation sites (N-methyl/N-ethyl adjacent to an activating group) is 1. The van der Waals surface area contributed by atoms with Gasteiger partial charge in [-0.1, -0.05) is 30.3 Å². The summed E-state index contributed by atoms with van der Waals surface area (Å²) in [7, 11) is 1.87. The fourth-order valence-corrected chi connectivity index (χ4v) is 2.69. The SMILES string of the molecule is CN(CCCCc1ccccc1)C(=O)C(C)(N)C1CC1. The summed E-state index contributed by atoms with van der Waals surface area (Å²) in [5.41, 5.74) is 6.88. The summed E-state index contributed by atoms with van der Waals surface area (Å²) in [6.07, 6.45) is 5.40. The van der Waals surface area contributed by atoms with Gasteiger partial charge in [-0.3, -0.25) is 4.79 Å². The molecule has 0 heterocycles. The van der Waals surface area contributed by atoms with Crippen LogP contribution in [0.1, 0.15) is 38.2 Å². The first-order chi connectivity index (χ1) is 9.51. The summed E-state index contributed by atoms with van der Waals surface area (Å²) in [6.45, 7) is 2.68. The lowest BCUT2D eigenvalue weighted by molar-refractivity contribution is -0.135. The Morgan fingerprint density at radius 1 is 1.30 bits per heavy atom. The van der Waals surface area contributed by atoms with Crippen LogP contribution in [0.15, 0.2) is 30.3 Å². The first-order valence-corrected chi connectivity index (χ1v) is 7.60. The van der Waals surface area contributed by atoms with Crippen molar-refractivity contribution in [1.82, 2.24) is 4.90 Å². The van der Waals surface area contributed by atoms with Gasteiger partial charge < -0.3 is 10.6 Å². The largest absolute Gasteiger partial charge is 0.344 e. The molecular formula is C17H26N2O. The van der Waals surface area contributed by atoms with Crippen LogP contribution in [0.3, 0.4) is 0 Å². The third-order valence-corrected chi connectivity index (χ3v) is 4.28. The highest BCUT2D eigenvalue weighted by Crippen LogP contribution is 2.38. The van der Waals surface area contributed by atoms with Gasteiger partial charge in [0, 0.05) is 13.6 Å². The zero-order valence-corrected chi connectivity index (χ0v) is 12.6. The summed E-state index contributed by atoms with van der Waals surface area (Å²) in [6, 6.07) is 10.5. The summed E-state index contributed by atoms with van der Waals surface area (Å²) in [5, 5.41) is 0. The van der Waals surface area contributed by atoms with Gasteiger partial charge in [0.1, 0.15) is 0 Å². The number of nitrogens with zero attached hydrogens (tertiary/aromatic N) is 1. The molecule has 0 radical (unpaired) electrons. The van der Waals surface area contributed by atoms with Crippen LogP contribution in [0, 0.1) is 5.92 Å². The minimum absolute atomic E-state index is 0.0970. The van der Waals surface area contributed by atoms with Gasteiger partial charge in [0.25, 0.3) is 0 Å². The van der Waals surface area contributed by atoms with E-state index in [2.05, 4.69) is 24.3 Å². The predicted molar refractivity (Wildman–Crippen MR) is 82.3 cm³/mol. The van der Waals surface area contributed by atoms with E-state index in [1.807, 2.05) is 24.9 Å². The van der Waals surface area contributed by atoms with Gasteiger partial charge in [0.15, 0.2) is 0 Å². The Morgan fingerprint density at radius 3 is 2.55 bits per heavy atom. The van der Waals surface area contributed by atoms with E-state index in [4.69, 9.17) is 5.73 Å². The van der Waals surface area contributed by atoms with E-state index in [1.54, 1.807) is 0 Å². The lowest BCUT2D eigenvalue weighted by Gasteiger charge is -2.29. The van der Waals surface area contributed by atoms with Gasteiger partial charge in [0.05, 0.1) is 5.54 Å². The summed E-state index contributed by atoms with van der Waals surface area (Å²) < 4.78 is 0. The molecule has 20 heavy (non-hydrogen) atoms. The van der Waals surface area contributed by atoms with Crippen molar-refractivity contribution in [3.63, 3.8) is 0 Å². The number of carbonyl (C=O) groups excluding carboxylic acids is 1. The second kappa shape index (κ2) is 6.40. The lowest BCUT2D eigenvalue weighted by atomic mass is 9.95. The highest BCUT2D eigenvalue weighted by atomic mass is 16.2. The van der Waals surface area contributed by atoms with E-state index >= 15 is 0 Å². The van der Waals surface area contributed by atoms with Crippen molar-refractivity contribution < 1.29 is 4.79 Å². The third-order valence-electron chi connectivity index (χ3n) is 4.28. The number of amides is 1. The molecule has 0 saturated heterocycles. The van der Waals surface area contributed by atoms with Gasteiger partial charge >= 0.3 is 0 Å². The van der Waals surface area contributed by atoms with Crippen LogP contribution in [-0.4, -0.2) is 29.9 Å². The molecule has 1 aromatic carbocycles. The maximum atomic E-state index is 12.3. The monoisotopic (exact) mass is 274 g/mol. The van der Waals surface area contributed by atoms with Crippen LogP contribution >= 0.6 is 0 Å². The number of rotatable bonds is 7. The Labute approximate surface area is 122 Å². The fourth-order valence-electron chi connectivity index (χ4n) is 2.69. The summed E-state index contributed by atoms with van der Waals surface area (Å²) in [5.74, 6) is 0.487. The van der Waals surface area contributed by atoms with Crippen molar-refractivity contribution >= 4 is 5.91 Å². The van der Waals surface area contributed by atoms with Crippen LogP contribution < -0.4 is 5.73 Å². The fraction of sp³-hybridized carbons (Fsp3) is 0.588. The molecule has 2 rings (SSSR count). The Hall–Kier alpha value is -1.35. The molecule has 1 atom stereocenters. The van der Waals surface area contributed by atoms with Crippen LogP contribution in [0.25, 0.3) is 0 Å². The predicted octanol–water partition coefficient (Wildman–Crippen LogP) is 2.60. The maximum absolute atomic E-state index is 12.3. The quantitative estimate of drug-likeness (QED) is 0.777. The average Bonchev–Trinajstić information content (AvgIpc) is 3.28. The smallest absolute Gasteiger partial charge is 0.242 e. The minimum atomic E-state index is -0.659. The molecule has 0 aromatic heterocycles. The Kier molecular flexibility index (Phi) is 4.81. The molecule has 0 spiro atoms. The van der Waals surface area contributed by atoms with E-state index in [-0.39, 0.29) is 5.91 Å². The van der Waals surface area contributed by atoms with Crippen LogP contribution in [0.5, 0.6) is 0 Å². The molecule has 1 aromatic rings. The number of hydrogen-bond acceptors (Lipinski definition) is 2. The Morgan fingerprint density at radius 2 is 1.95 bits per heavy atom. The number of carbonyl (C=O) groups is 1. The molecule has 0 bridgehead atoms. The molecule has 1 aliphatic rings. The Bertz CT molecular complexity index is 438. The molecule has 1 aliphatic carbocycles. The standard InChI is InChI=1S/C17H26N2O/c1-17(18,15-11-12-15)16(20)19(2)13-7-6-10-14-8-4-3-5-9-14/h3-5,8-9,15H,6-7,10-13,18H2,1-2H3. The van der Waals surface area contributed by atoms with Crippen molar-refractivity contribution in [2.45, 2.75) is 44.6 Å². The normalized spacial score (nSPS) is 17.6. The molecule has 1 fully saturated rings. The molecule has 110 valence electrons. The number of benzene rings is 1. The number of aryl methyl sites for hydroxylation is 1. The van der Waals surface area contributed by atoms with Gasteiger partial charge in [0.2, 0.25) is 5.91 Å². The highest BCUT2D eigenvalue weighted by Gasteiger charge is 2.45. The second-order valence-electron chi connectivity index (χ2n) is 6.23. The van der Waals surface area contributed by atoms with Crippen molar-refractivity contribution in [1.29, 1.82) is 0 Å². The molecule has 0 aliphatic heterocycles. The number of hydrogen-bond donors (Lipinski definition) is 1. The van der Waals surface area contributed by atoms with Crippen LogP contribution in [0.2, 0.25) is 0 Å². The maximum Gasteiger partial charge on any atom is 0.242 e. The minimum Gasteiger partial charge on any atom is -0.344 e. The topological polar surface area (TPSA) is 46.3 Å². The summed E-state index contributed by atoms with van der Waals surface area (Å²) >= 11 is 0. The highest BCUT2D eigenvalue weighted by molar-refractivity contribution is 5.86. The molecule has 2 N–H and O–H groups in total. The lowest BCUT2D eigenvalue weighted by Crippen LogP contribution is -2.54. The number of nitrogens with two attached hydrogens (primary N) is 1.